The number of anilines is 1. The predicted molar refractivity (Wildman–Crippen MR) is 131 cm³/mol. The fourth-order valence-electron chi connectivity index (χ4n) is 4.13. The van der Waals surface area contributed by atoms with Crippen LogP contribution in [-0.4, -0.2) is 63.5 Å². The van der Waals surface area contributed by atoms with E-state index in [0.717, 1.165) is 5.69 Å². The van der Waals surface area contributed by atoms with Gasteiger partial charge in [-0.3, -0.25) is 9.59 Å². The van der Waals surface area contributed by atoms with Crippen LogP contribution in [0.15, 0.2) is 54.6 Å². The maximum Gasteiger partial charge on any atom is 0.321 e. The van der Waals surface area contributed by atoms with E-state index in [0.29, 0.717) is 53.7 Å². The number of carbonyl (C=O) groups excluding carboxylic acids is 3. The van der Waals surface area contributed by atoms with Gasteiger partial charge in [-0.05, 0) is 50.6 Å². The lowest BCUT2D eigenvalue weighted by molar-refractivity contribution is -0.126. The Kier molecular flexibility index (Phi) is 6.98. The summed E-state index contributed by atoms with van der Waals surface area (Å²) in [6, 6.07) is 16.1. The lowest BCUT2D eigenvalue weighted by Crippen LogP contribution is -2.41. The van der Waals surface area contributed by atoms with Crippen LogP contribution in [0.5, 0.6) is 0 Å². The van der Waals surface area contributed by atoms with Gasteiger partial charge in [-0.25, -0.2) is 9.48 Å². The molecule has 1 fully saturated rings. The zero-order valence-corrected chi connectivity index (χ0v) is 19.9. The molecule has 4 rings (SSSR count). The van der Waals surface area contributed by atoms with E-state index in [-0.39, 0.29) is 12.6 Å². The van der Waals surface area contributed by atoms with Crippen molar-refractivity contribution in [2.24, 2.45) is 0 Å². The number of aromatic nitrogens is 2. The Bertz CT molecular complexity index is 1220. The van der Waals surface area contributed by atoms with E-state index in [4.69, 9.17) is 11.6 Å². The molecule has 0 bridgehead atoms. The van der Waals surface area contributed by atoms with Gasteiger partial charge in [0.25, 0.3) is 11.7 Å². The number of aryl methyl sites for hydroxylation is 1. The molecule has 0 radical (unpaired) electrons. The van der Waals surface area contributed by atoms with Crippen molar-refractivity contribution in [3.8, 4) is 5.69 Å². The van der Waals surface area contributed by atoms with Gasteiger partial charge < -0.3 is 15.1 Å². The molecule has 1 aliphatic heterocycles. The first-order valence-electron chi connectivity index (χ1n) is 11.1. The van der Waals surface area contributed by atoms with Gasteiger partial charge in [0, 0.05) is 36.9 Å². The third-order valence-electron chi connectivity index (χ3n) is 5.86. The Labute approximate surface area is 203 Å². The van der Waals surface area contributed by atoms with Gasteiger partial charge in [-0.2, -0.15) is 5.10 Å². The smallest absolute Gasteiger partial charge is 0.321 e. The molecule has 1 aliphatic rings. The normalized spacial score (nSPS) is 14.0. The molecule has 9 heteroatoms. The number of hydrogen-bond donors (Lipinski definition) is 1. The number of nitrogens with one attached hydrogen (secondary N) is 1. The first-order valence-corrected chi connectivity index (χ1v) is 11.5. The molecule has 0 spiro atoms. The maximum absolute atomic E-state index is 13.2. The van der Waals surface area contributed by atoms with Gasteiger partial charge in [0.15, 0.2) is 0 Å². The van der Waals surface area contributed by atoms with Gasteiger partial charge in [-0.1, -0.05) is 35.9 Å². The summed E-state index contributed by atoms with van der Waals surface area (Å²) in [6.07, 6.45) is 0.573. The van der Waals surface area contributed by atoms with E-state index >= 15 is 0 Å². The van der Waals surface area contributed by atoms with Crippen LogP contribution in [-0.2, 0) is 4.79 Å². The minimum atomic E-state index is -0.575. The summed E-state index contributed by atoms with van der Waals surface area (Å²) in [6.45, 7) is 5.01. The Hall–Kier alpha value is -3.65. The number of benzene rings is 2. The molecule has 1 saturated heterocycles. The van der Waals surface area contributed by atoms with E-state index in [2.05, 4.69) is 10.4 Å². The Morgan fingerprint density at radius 2 is 1.62 bits per heavy atom. The number of rotatable bonds is 4. The van der Waals surface area contributed by atoms with E-state index < -0.39 is 11.7 Å². The van der Waals surface area contributed by atoms with Crippen LogP contribution in [0.4, 0.5) is 10.5 Å². The highest BCUT2D eigenvalue weighted by atomic mass is 35.5. The predicted octanol–water partition coefficient (Wildman–Crippen LogP) is 4.09. The SMILES string of the molecule is Cc1nn(-c2ccccc2)c(C)c1C(=O)C(=O)N1CCCN(C(=O)Nc2cccc(Cl)c2)CC1. The number of ketones is 1. The molecule has 34 heavy (non-hydrogen) atoms. The highest BCUT2D eigenvalue weighted by Gasteiger charge is 2.30. The monoisotopic (exact) mass is 479 g/mol. The first kappa shape index (κ1) is 23.5. The molecule has 1 aromatic heterocycles. The largest absolute Gasteiger partial charge is 0.334 e. The van der Waals surface area contributed by atoms with Crippen LogP contribution in [0.1, 0.15) is 28.2 Å². The molecule has 0 atom stereocenters. The number of hydrogen-bond acceptors (Lipinski definition) is 4. The molecule has 2 aromatic carbocycles. The van der Waals surface area contributed by atoms with Gasteiger partial charge in [0.1, 0.15) is 0 Å². The minimum Gasteiger partial charge on any atom is -0.334 e. The highest BCUT2D eigenvalue weighted by Crippen LogP contribution is 2.20. The zero-order valence-electron chi connectivity index (χ0n) is 19.1. The van der Waals surface area contributed by atoms with Crippen LogP contribution >= 0.6 is 11.6 Å². The van der Waals surface area contributed by atoms with Crippen molar-refractivity contribution >= 4 is 35.0 Å². The Balaban J connectivity index is 1.43. The van der Waals surface area contributed by atoms with Crippen LogP contribution in [0.25, 0.3) is 5.69 Å². The summed E-state index contributed by atoms with van der Waals surface area (Å²) in [7, 11) is 0. The van der Waals surface area contributed by atoms with E-state index in [1.165, 1.54) is 4.90 Å². The molecule has 3 aromatic rings. The molecule has 0 unspecified atom stereocenters. The van der Waals surface area contributed by atoms with Crippen molar-refractivity contribution in [3.05, 3.63) is 76.6 Å². The van der Waals surface area contributed by atoms with E-state index in [9.17, 15) is 14.4 Å². The lowest BCUT2D eigenvalue weighted by Gasteiger charge is -2.22. The number of para-hydroxylation sites is 1. The van der Waals surface area contributed by atoms with E-state index in [1.54, 1.807) is 47.7 Å². The Morgan fingerprint density at radius 1 is 0.912 bits per heavy atom. The average Bonchev–Trinajstić information content (AvgIpc) is 2.99. The number of halogens is 1. The van der Waals surface area contributed by atoms with Crippen molar-refractivity contribution in [2.45, 2.75) is 20.3 Å². The summed E-state index contributed by atoms with van der Waals surface area (Å²) in [5.41, 5.74) is 2.89. The number of amides is 3. The molecule has 2 heterocycles. The van der Waals surface area contributed by atoms with E-state index in [1.807, 2.05) is 30.3 Å². The quantitative estimate of drug-likeness (QED) is 0.451. The number of urea groups is 1. The van der Waals surface area contributed by atoms with Crippen molar-refractivity contribution in [2.75, 3.05) is 31.5 Å². The molecule has 3 amide bonds. The Morgan fingerprint density at radius 3 is 2.35 bits per heavy atom. The second kappa shape index (κ2) is 10.1. The second-order valence-electron chi connectivity index (χ2n) is 8.20. The second-order valence-corrected chi connectivity index (χ2v) is 8.63. The third kappa shape index (κ3) is 4.97. The first-order chi connectivity index (χ1) is 16.3. The van der Waals surface area contributed by atoms with Crippen LogP contribution in [0.3, 0.4) is 0 Å². The summed E-state index contributed by atoms with van der Waals surface area (Å²) < 4.78 is 1.68. The average molecular weight is 480 g/mol. The summed E-state index contributed by atoms with van der Waals surface area (Å²) in [5.74, 6) is -1.15. The fourth-order valence-corrected chi connectivity index (χ4v) is 4.33. The highest BCUT2D eigenvalue weighted by molar-refractivity contribution is 6.43. The zero-order chi connectivity index (χ0) is 24.2. The standard InChI is InChI=1S/C25H26ClN5O3/c1-17-22(18(2)31(28-17)21-10-4-3-5-11-21)23(32)24(33)29-12-7-13-30(15-14-29)25(34)27-20-9-6-8-19(26)16-20/h3-6,8-11,16H,7,12-15H2,1-2H3,(H,27,34). The number of nitrogens with zero attached hydrogens (tertiary/aromatic N) is 4. The lowest BCUT2D eigenvalue weighted by atomic mass is 10.1. The van der Waals surface area contributed by atoms with Gasteiger partial charge >= 0.3 is 6.03 Å². The number of carbonyl (C=O) groups is 3. The minimum absolute atomic E-state index is 0.265. The maximum atomic E-state index is 13.2. The number of Topliss-reactive ketones (excluding diaryl/α,β-unsaturated/α-hetero) is 1. The molecular formula is C25H26ClN5O3. The molecule has 0 saturated carbocycles. The van der Waals surface area contributed by atoms with Crippen molar-refractivity contribution in [3.63, 3.8) is 0 Å². The van der Waals surface area contributed by atoms with Gasteiger partial charge in [-0.15, -0.1) is 0 Å². The molecule has 0 aliphatic carbocycles. The molecule has 1 N–H and O–H groups in total. The third-order valence-corrected chi connectivity index (χ3v) is 6.09. The van der Waals surface area contributed by atoms with Crippen molar-refractivity contribution < 1.29 is 14.4 Å². The van der Waals surface area contributed by atoms with Crippen molar-refractivity contribution in [1.29, 1.82) is 0 Å². The van der Waals surface area contributed by atoms with Crippen LogP contribution in [0.2, 0.25) is 5.02 Å². The summed E-state index contributed by atoms with van der Waals surface area (Å²) in [4.78, 5) is 42.1. The fraction of sp³-hybridized carbons (Fsp3) is 0.280. The van der Waals surface area contributed by atoms with Gasteiger partial charge in [0.05, 0.1) is 22.6 Å². The molecule has 8 nitrogen and oxygen atoms in total. The summed E-state index contributed by atoms with van der Waals surface area (Å²) in [5, 5.41) is 7.84. The molecular weight excluding hydrogens is 454 g/mol. The van der Waals surface area contributed by atoms with Gasteiger partial charge in [0.2, 0.25) is 0 Å². The molecule has 176 valence electrons. The van der Waals surface area contributed by atoms with Crippen molar-refractivity contribution in [1.82, 2.24) is 19.6 Å². The summed E-state index contributed by atoms with van der Waals surface area (Å²) >= 11 is 5.99. The van der Waals surface area contributed by atoms with Crippen LogP contribution < -0.4 is 5.32 Å². The van der Waals surface area contributed by atoms with Crippen LogP contribution in [0, 0.1) is 13.8 Å². The topological polar surface area (TPSA) is 87.5 Å².